The Kier molecular flexibility index (Phi) is 2.14. The number of nitrogens with zero attached hydrogens (tertiary/aromatic N) is 2. The van der Waals surface area contributed by atoms with Gasteiger partial charge in [-0.05, 0) is 24.6 Å². The first-order valence-corrected chi connectivity index (χ1v) is 4.39. The number of hydrogen-bond donors (Lipinski definition) is 1. The van der Waals surface area contributed by atoms with Gasteiger partial charge in [0.15, 0.2) is 0 Å². The third kappa shape index (κ3) is 1.71. The molecule has 2 aromatic rings. The molecule has 2 N–H and O–H groups in total. The fraction of sp³-hybridized carbons (Fsp3) is 0.0909. The molecule has 0 aliphatic carbocycles. The summed E-state index contributed by atoms with van der Waals surface area (Å²) in [7, 11) is 0. The molecule has 2 rings (SSSR count). The highest BCUT2D eigenvalue weighted by Gasteiger charge is 1.98. The topological polar surface area (TPSA) is 51.8 Å². The summed E-state index contributed by atoms with van der Waals surface area (Å²) < 4.78 is 0. The van der Waals surface area contributed by atoms with Gasteiger partial charge in [0.25, 0.3) is 0 Å². The van der Waals surface area contributed by atoms with Crippen LogP contribution in [0.5, 0.6) is 0 Å². The van der Waals surface area contributed by atoms with Crippen LogP contribution in [0.1, 0.15) is 5.56 Å². The molecule has 2 aromatic heterocycles. The fourth-order valence-corrected chi connectivity index (χ4v) is 1.24. The summed E-state index contributed by atoms with van der Waals surface area (Å²) in [5, 5.41) is 0. The first kappa shape index (κ1) is 8.69. The van der Waals surface area contributed by atoms with E-state index in [1.54, 1.807) is 12.4 Å². The van der Waals surface area contributed by atoms with E-state index in [-0.39, 0.29) is 0 Å². The molecular weight excluding hydrogens is 174 g/mol. The summed E-state index contributed by atoms with van der Waals surface area (Å²) in [6.07, 6.45) is 5.21. The van der Waals surface area contributed by atoms with E-state index in [4.69, 9.17) is 5.73 Å². The molecule has 14 heavy (non-hydrogen) atoms. The molecule has 3 nitrogen and oxygen atoms in total. The first-order chi connectivity index (χ1) is 6.75. The van der Waals surface area contributed by atoms with Crippen LogP contribution >= 0.6 is 0 Å². The highest BCUT2D eigenvalue weighted by Crippen LogP contribution is 2.17. The standard InChI is InChI=1S/C11H11N3/c1-8-2-3-11(14-5-8)9-4-10(12)7-13-6-9/h2-7H,12H2,1H3. The zero-order valence-electron chi connectivity index (χ0n) is 7.94. The number of nitrogens with two attached hydrogens (primary N) is 1. The number of pyridine rings is 2. The average Bonchev–Trinajstić information content (AvgIpc) is 2.19. The van der Waals surface area contributed by atoms with Gasteiger partial charge in [-0.1, -0.05) is 6.07 Å². The van der Waals surface area contributed by atoms with Gasteiger partial charge in [-0.15, -0.1) is 0 Å². The molecule has 70 valence electrons. The Balaban J connectivity index is 2.44. The molecule has 0 aliphatic rings. The minimum Gasteiger partial charge on any atom is -0.397 e. The van der Waals surface area contributed by atoms with Crippen molar-refractivity contribution < 1.29 is 0 Å². The van der Waals surface area contributed by atoms with Crippen molar-refractivity contribution in [3.8, 4) is 11.3 Å². The lowest BCUT2D eigenvalue weighted by molar-refractivity contribution is 1.25. The highest BCUT2D eigenvalue weighted by molar-refractivity contribution is 5.62. The van der Waals surface area contributed by atoms with Gasteiger partial charge in [0.1, 0.15) is 0 Å². The molecule has 0 saturated carbocycles. The fourth-order valence-electron chi connectivity index (χ4n) is 1.24. The molecule has 0 fully saturated rings. The molecule has 0 amide bonds. The second-order valence-corrected chi connectivity index (χ2v) is 3.23. The predicted molar refractivity (Wildman–Crippen MR) is 56.6 cm³/mol. The zero-order chi connectivity index (χ0) is 9.97. The molecule has 3 heteroatoms. The number of anilines is 1. The second-order valence-electron chi connectivity index (χ2n) is 3.23. The minimum atomic E-state index is 0.657. The average molecular weight is 185 g/mol. The van der Waals surface area contributed by atoms with E-state index in [0.29, 0.717) is 5.69 Å². The summed E-state index contributed by atoms with van der Waals surface area (Å²) >= 11 is 0. The lowest BCUT2D eigenvalue weighted by atomic mass is 10.1. The van der Waals surface area contributed by atoms with Crippen LogP contribution in [0.25, 0.3) is 11.3 Å². The van der Waals surface area contributed by atoms with Crippen LogP contribution in [0.15, 0.2) is 36.8 Å². The molecule has 0 aliphatic heterocycles. The molecule has 0 saturated heterocycles. The monoisotopic (exact) mass is 185 g/mol. The third-order valence-electron chi connectivity index (χ3n) is 1.97. The molecule has 0 radical (unpaired) electrons. The molecular formula is C11H11N3. The number of aromatic nitrogens is 2. The molecule has 0 spiro atoms. The Morgan fingerprint density at radius 1 is 1.14 bits per heavy atom. The van der Waals surface area contributed by atoms with Gasteiger partial charge >= 0.3 is 0 Å². The number of rotatable bonds is 1. The molecule has 2 heterocycles. The van der Waals surface area contributed by atoms with Crippen LogP contribution in [0.2, 0.25) is 0 Å². The summed E-state index contributed by atoms with van der Waals surface area (Å²) in [5.74, 6) is 0. The van der Waals surface area contributed by atoms with Crippen LogP contribution < -0.4 is 5.73 Å². The maximum absolute atomic E-state index is 5.64. The largest absolute Gasteiger partial charge is 0.397 e. The third-order valence-corrected chi connectivity index (χ3v) is 1.97. The number of hydrogen-bond acceptors (Lipinski definition) is 3. The van der Waals surface area contributed by atoms with Crippen LogP contribution in [0.4, 0.5) is 5.69 Å². The van der Waals surface area contributed by atoms with Gasteiger partial charge in [-0.25, -0.2) is 0 Å². The smallest absolute Gasteiger partial charge is 0.0718 e. The van der Waals surface area contributed by atoms with Gasteiger partial charge in [0.2, 0.25) is 0 Å². The summed E-state index contributed by atoms with van der Waals surface area (Å²) in [6.45, 7) is 2.01. The normalized spacial score (nSPS) is 10.1. The Hall–Kier alpha value is -1.90. The van der Waals surface area contributed by atoms with Crippen molar-refractivity contribution in [2.45, 2.75) is 6.92 Å². The van der Waals surface area contributed by atoms with Crippen LogP contribution in [-0.2, 0) is 0 Å². The second kappa shape index (κ2) is 3.46. The van der Waals surface area contributed by atoms with Crippen LogP contribution in [-0.4, -0.2) is 9.97 Å². The van der Waals surface area contributed by atoms with Crippen LogP contribution in [0, 0.1) is 6.92 Å². The van der Waals surface area contributed by atoms with E-state index in [2.05, 4.69) is 9.97 Å². The van der Waals surface area contributed by atoms with E-state index in [9.17, 15) is 0 Å². The molecule has 0 atom stereocenters. The lowest BCUT2D eigenvalue weighted by Crippen LogP contribution is -1.89. The van der Waals surface area contributed by atoms with E-state index < -0.39 is 0 Å². The summed E-state index contributed by atoms with van der Waals surface area (Å²) in [5.41, 5.74) is 9.28. The van der Waals surface area contributed by atoms with Crippen molar-refractivity contribution in [2.24, 2.45) is 0 Å². The molecule has 0 bridgehead atoms. The maximum Gasteiger partial charge on any atom is 0.0718 e. The van der Waals surface area contributed by atoms with Crippen molar-refractivity contribution >= 4 is 5.69 Å². The van der Waals surface area contributed by atoms with Crippen molar-refractivity contribution in [3.63, 3.8) is 0 Å². The number of nitrogen functional groups attached to an aromatic ring is 1. The SMILES string of the molecule is Cc1ccc(-c2cncc(N)c2)nc1. The van der Waals surface area contributed by atoms with Crippen molar-refractivity contribution in [2.75, 3.05) is 5.73 Å². The summed E-state index contributed by atoms with van der Waals surface area (Å²) in [4.78, 5) is 8.31. The van der Waals surface area contributed by atoms with Gasteiger partial charge in [0.05, 0.1) is 11.4 Å². The van der Waals surface area contributed by atoms with Crippen molar-refractivity contribution in [1.29, 1.82) is 0 Å². The van der Waals surface area contributed by atoms with Gasteiger partial charge in [-0.3, -0.25) is 9.97 Å². The predicted octanol–water partition coefficient (Wildman–Crippen LogP) is 2.03. The van der Waals surface area contributed by atoms with E-state index in [0.717, 1.165) is 16.8 Å². The Morgan fingerprint density at radius 3 is 2.64 bits per heavy atom. The summed E-state index contributed by atoms with van der Waals surface area (Å²) in [6, 6.07) is 5.85. The number of aryl methyl sites for hydroxylation is 1. The van der Waals surface area contributed by atoms with E-state index >= 15 is 0 Å². The molecule has 0 aromatic carbocycles. The zero-order valence-corrected chi connectivity index (χ0v) is 7.94. The van der Waals surface area contributed by atoms with E-state index in [1.165, 1.54) is 0 Å². The minimum absolute atomic E-state index is 0.657. The first-order valence-electron chi connectivity index (χ1n) is 4.39. The van der Waals surface area contributed by atoms with Gasteiger partial charge < -0.3 is 5.73 Å². The Morgan fingerprint density at radius 2 is 2.00 bits per heavy atom. The van der Waals surface area contributed by atoms with Crippen molar-refractivity contribution in [3.05, 3.63) is 42.4 Å². The van der Waals surface area contributed by atoms with Crippen molar-refractivity contribution in [1.82, 2.24) is 9.97 Å². The Labute approximate surface area is 82.6 Å². The van der Waals surface area contributed by atoms with Gasteiger partial charge in [0, 0.05) is 24.2 Å². The lowest BCUT2D eigenvalue weighted by Gasteiger charge is -2.01. The van der Waals surface area contributed by atoms with Gasteiger partial charge in [-0.2, -0.15) is 0 Å². The van der Waals surface area contributed by atoms with Crippen LogP contribution in [0.3, 0.4) is 0 Å². The van der Waals surface area contributed by atoms with E-state index in [1.807, 2.05) is 31.3 Å². The highest BCUT2D eigenvalue weighted by atomic mass is 14.7. The molecule has 0 unspecified atom stereocenters. The quantitative estimate of drug-likeness (QED) is 0.739. The maximum atomic E-state index is 5.64. The Bertz CT molecular complexity index is 435.